The van der Waals surface area contributed by atoms with Crippen LogP contribution in [0, 0.1) is 13.8 Å². The summed E-state index contributed by atoms with van der Waals surface area (Å²) < 4.78 is 54.4. The number of amides is 1. The van der Waals surface area contributed by atoms with E-state index in [1.165, 1.54) is 31.4 Å². The number of carbonyl (C=O) groups is 1. The molecule has 1 N–H and O–H groups in total. The third kappa shape index (κ3) is 4.70. The van der Waals surface area contributed by atoms with Gasteiger partial charge in [0.1, 0.15) is 23.9 Å². The maximum Gasteiger partial charge on any atom is 0.433 e. The topological polar surface area (TPSA) is 86.5 Å². The van der Waals surface area contributed by atoms with E-state index in [1.807, 2.05) is 0 Å². The molecule has 0 aliphatic heterocycles. The number of pyridine rings is 1. The fourth-order valence-corrected chi connectivity index (χ4v) is 2.64. The van der Waals surface area contributed by atoms with Gasteiger partial charge in [0, 0.05) is 5.56 Å². The molecule has 3 rings (SSSR count). The van der Waals surface area contributed by atoms with Gasteiger partial charge in [-0.15, -0.1) is 0 Å². The van der Waals surface area contributed by atoms with Crippen molar-refractivity contribution in [3.8, 4) is 11.5 Å². The summed E-state index contributed by atoms with van der Waals surface area (Å²) in [6, 6.07) is 7.68. The number of carbonyl (C=O) groups excluding carboxylic acids is 1. The molecule has 30 heavy (non-hydrogen) atoms. The van der Waals surface area contributed by atoms with Crippen LogP contribution in [0.25, 0.3) is 0 Å². The minimum absolute atomic E-state index is 0.163. The predicted octanol–water partition coefficient (Wildman–Crippen LogP) is 4.55. The standard InChI is InChI=1S/C20H18F3N3O4/c1-11-14(12(2)30-26-11)10-29-15-8-7-13(9-16(15)28-3)19(27)25-18-6-4-5-17(24-18)20(21,22)23/h4-9H,10H2,1-3H3,(H,24,25,27). The van der Waals surface area contributed by atoms with Crippen LogP contribution in [0.5, 0.6) is 11.5 Å². The number of anilines is 1. The molecule has 0 spiro atoms. The first-order valence-corrected chi connectivity index (χ1v) is 8.77. The SMILES string of the molecule is COc1cc(C(=O)Nc2cccc(C(F)(F)F)n2)ccc1OCc1c(C)noc1C. The first kappa shape index (κ1) is 21.2. The van der Waals surface area contributed by atoms with E-state index in [2.05, 4.69) is 15.5 Å². The smallest absolute Gasteiger partial charge is 0.433 e. The van der Waals surface area contributed by atoms with E-state index in [-0.39, 0.29) is 23.7 Å². The molecule has 0 bridgehead atoms. The number of nitrogens with zero attached hydrogens (tertiary/aromatic N) is 2. The van der Waals surface area contributed by atoms with Crippen LogP contribution in [-0.4, -0.2) is 23.2 Å². The van der Waals surface area contributed by atoms with Gasteiger partial charge >= 0.3 is 6.18 Å². The quantitative estimate of drug-likeness (QED) is 0.629. The molecule has 0 saturated carbocycles. The third-order valence-corrected chi connectivity index (χ3v) is 4.26. The van der Waals surface area contributed by atoms with E-state index < -0.39 is 17.8 Å². The van der Waals surface area contributed by atoms with Crippen LogP contribution in [0.1, 0.15) is 33.1 Å². The monoisotopic (exact) mass is 421 g/mol. The normalized spacial score (nSPS) is 11.3. The summed E-state index contributed by atoms with van der Waals surface area (Å²) in [5, 5.41) is 6.20. The van der Waals surface area contributed by atoms with Gasteiger partial charge in [-0.1, -0.05) is 11.2 Å². The maximum atomic E-state index is 12.8. The number of methoxy groups -OCH3 is 1. The Kier molecular flexibility index (Phi) is 5.95. The van der Waals surface area contributed by atoms with Gasteiger partial charge in [-0.05, 0) is 44.2 Å². The summed E-state index contributed by atoms with van der Waals surface area (Å²) in [5.74, 6) is 0.443. The number of hydrogen-bond donors (Lipinski definition) is 1. The van der Waals surface area contributed by atoms with Crippen molar-refractivity contribution in [3.05, 3.63) is 64.7 Å². The number of hydrogen-bond acceptors (Lipinski definition) is 6. The van der Waals surface area contributed by atoms with Crippen LogP contribution in [0.3, 0.4) is 0 Å². The molecule has 2 aromatic heterocycles. The van der Waals surface area contributed by atoms with Gasteiger partial charge < -0.3 is 19.3 Å². The van der Waals surface area contributed by atoms with Crippen molar-refractivity contribution in [3.63, 3.8) is 0 Å². The van der Waals surface area contributed by atoms with Crippen molar-refractivity contribution in [2.75, 3.05) is 12.4 Å². The Bertz CT molecular complexity index is 1040. The summed E-state index contributed by atoms with van der Waals surface area (Å²) in [6.07, 6.45) is -4.61. The molecular weight excluding hydrogens is 403 g/mol. The number of halogens is 3. The number of alkyl halides is 3. The Morgan fingerprint density at radius 2 is 1.93 bits per heavy atom. The van der Waals surface area contributed by atoms with Crippen LogP contribution in [0.2, 0.25) is 0 Å². The largest absolute Gasteiger partial charge is 0.493 e. The second-order valence-electron chi connectivity index (χ2n) is 6.32. The number of aromatic nitrogens is 2. The van der Waals surface area contributed by atoms with E-state index in [1.54, 1.807) is 13.8 Å². The highest BCUT2D eigenvalue weighted by atomic mass is 19.4. The molecule has 0 aliphatic carbocycles. The fraction of sp³-hybridized carbons (Fsp3) is 0.250. The summed E-state index contributed by atoms with van der Waals surface area (Å²) >= 11 is 0. The Morgan fingerprint density at radius 1 is 1.17 bits per heavy atom. The van der Waals surface area contributed by atoms with Crippen molar-refractivity contribution in [2.24, 2.45) is 0 Å². The molecule has 0 saturated heterocycles. The van der Waals surface area contributed by atoms with Gasteiger partial charge in [-0.3, -0.25) is 4.79 Å². The number of ether oxygens (including phenoxy) is 2. The van der Waals surface area contributed by atoms with Gasteiger partial charge in [0.15, 0.2) is 11.5 Å². The molecule has 0 radical (unpaired) electrons. The minimum Gasteiger partial charge on any atom is -0.493 e. The molecule has 1 amide bonds. The summed E-state index contributed by atoms with van der Waals surface area (Å²) in [6.45, 7) is 3.75. The molecule has 1 aromatic carbocycles. The Labute approximate surface area is 169 Å². The van der Waals surface area contributed by atoms with Gasteiger partial charge in [-0.2, -0.15) is 13.2 Å². The van der Waals surface area contributed by atoms with E-state index >= 15 is 0 Å². The fourth-order valence-electron chi connectivity index (χ4n) is 2.64. The van der Waals surface area contributed by atoms with Gasteiger partial charge in [0.05, 0.1) is 18.4 Å². The van der Waals surface area contributed by atoms with Crippen LogP contribution in [0.4, 0.5) is 19.0 Å². The molecule has 10 heteroatoms. The predicted molar refractivity (Wildman–Crippen MR) is 100 cm³/mol. The Balaban J connectivity index is 1.75. The number of nitrogens with one attached hydrogen (secondary N) is 1. The molecule has 0 unspecified atom stereocenters. The van der Waals surface area contributed by atoms with Gasteiger partial charge in [-0.25, -0.2) is 4.98 Å². The lowest BCUT2D eigenvalue weighted by atomic mass is 10.2. The highest BCUT2D eigenvalue weighted by molar-refractivity contribution is 6.04. The second kappa shape index (κ2) is 8.44. The Hall–Kier alpha value is -3.56. The average Bonchev–Trinajstić information content (AvgIpc) is 3.03. The van der Waals surface area contributed by atoms with Crippen molar-refractivity contribution in [2.45, 2.75) is 26.6 Å². The lowest BCUT2D eigenvalue weighted by Gasteiger charge is -2.13. The van der Waals surface area contributed by atoms with Crippen LogP contribution in [-0.2, 0) is 12.8 Å². The summed E-state index contributed by atoms with van der Waals surface area (Å²) in [7, 11) is 1.41. The molecule has 0 aliphatic rings. The van der Waals surface area contributed by atoms with E-state index in [4.69, 9.17) is 14.0 Å². The van der Waals surface area contributed by atoms with Crippen molar-refractivity contribution in [1.82, 2.24) is 10.1 Å². The van der Waals surface area contributed by atoms with Crippen molar-refractivity contribution < 1.29 is 32.0 Å². The highest BCUT2D eigenvalue weighted by Gasteiger charge is 2.32. The molecule has 0 atom stereocenters. The lowest BCUT2D eigenvalue weighted by Crippen LogP contribution is -2.15. The zero-order chi connectivity index (χ0) is 21.9. The van der Waals surface area contributed by atoms with E-state index in [0.29, 0.717) is 17.2 Å². The Morgan fingerprint density at radius 3 is 2.57 bits per heavy atom. The number of benzene rings is 1. The first-order valence-electron chi connectivity index (χ1n) is 8.77. The summed E-state index contributed by atoms with van der Waals surface area (Å²) in [5.41, 5.74) is 0.572. The zero-order valence-corrected chi connectivity index (χ0v) is 16.3. The van der Waals surface area contributed by atoms with Crippen LogP contribution < -0.4 is 14.8 Å². The second-order valence-corrected chi connectivity index (χ2v) is 6.32. The lowest BCUT2D eigenvalue weighted by molar-refractivity contribution is -0.141. The van der Waals surface area contributed by atoms with Crippen molar-refractivity contribution in [1.29, 1.82) is 0 Å². The first-order chi connectivity index (χ1) is 14.2. The van der Waals surface area contributed by atoms with Crippen molar-refractivity contribution >= 4 is 11.7 Å². The zero-order valence-electron chi connectivity index (χ0n) is 16.3. The number of aryl methyl sites for hydroxylation is 2. The maximum absolute atomic E-state index is 12.8. The molecule has 0 fully saturated rings. The number of rotatable bonds is 6. The molecule has 2 heterocycles. The highest BCUT2D eigenvalue weighted by Crippen LogP contribution is 2.30. The molecule has 3 aromatic rings. The van der Waals surface area contributed by atoms with Gasteiger partial charge in [0.2, 0.25) is 0 Å². The van der Waals surface area contributed by atoms with E-state index in [0.717, 1.165) is 17.7 Å². The third-order valence-electron chi connectivity index (χ3n) is 4.26. The van der Waals surface area contributed by atoms with Crippen LogP contribution in [0.15, 0.2) is 40.9 Å². The average molecular weight is 421 g/mol. The molecule has 158 valence electrons. The minimum atomic E-state index is -4.61. The van der Waals surface area contributed by atoms with Crippen LogP contribution >= 0.6 is 0 Å². The molecular formula is C20H18F3N3O4. The van der Waals surface area contributed by atoms with E-state index in [9.17, 15) is 18.0 Å². The van der Waals surface area contributed by atoms with Gasteiger partial charge in [0.25, 0.3) is 5.91 Å². The summed E-state index contributed by atoms with van der Waals surface area (Å²) in [4.78, 5) is 15.9. The molecule has 7 nitrogen and oxygen atoms in total.